The molecule has 4 aliphatic carbocycles. The number of carbonyl (C=O) groups excluding carboxylic acids is 1. The molecule has 0 aromatic heterocycles. The van der Waals surface area contributed by atoms with E-state index in [1.54, 1.807) is 0 Å². The van der Waals surface area contributed by atoms with Crippen molar-refractivity contribution in [3.05, 3.63) is 23.3 Å². The highest BCUT2D eigenvalue weighted by Crippen LogP contribution is 2.67. The number of Topliss-reactive ketones (excluding diaryl/α,β-unsaturated/α-hetero) is 1. The second-order valence-corrected chi connectivity index (χ2v) is 11.7. The second kappa shape index (κ2) is 7.66. The molecule has 2 heteroatoms. The zero-order valence-corrected chi connectivity index (χ0v) is 19.3. The van der Waals surface area contributed by atoms with Crippen LogP contribution in [0.5, 0.6) is 0 Å². The first-order valence-corrected chi connectivity index (χ1v) is 12.2. The molecule has 0 saturated heterocycles. The third-order valence-electron chi connectivity index (χ3n) is 9.89. The summed E-state index contributed by atoms with van der Waals surface area (Å²) in [7, 11) is 0. The maximum Gasteiger partial charge on any atom is 0.162 e. The Morgan fingerprint density at radius 1 is 1.24 bits per heavy atom. The van der Waals surface area contributed by atoms with Gasteiger partial charge in [0.1, 0.15) is 6.10 Å². The van der Waals surface area contributed by atoms with Crippen LogP contribution in [-0.4, -0.2) is 17.0 Å². The van der Waals surface area contributed by atoms with Crippen molar-refractivity contribution in [3.63, 3.8) is 0 Å². The summed E-state index contributed by atoms with van der Waals surface area (Å²) in [4.78, 5) is 12.4. The van der Waals surface area contributed by atoms with Crippen LogP contribution in [0, 0.1) is 40.4 Å². The molecule has 8 atom stereocenters. The maximum absolute atomic E-state index is 12.4. The van der Waals surface area contributed by atoms with E-state index in [1.165, 1.54) is 56.1 Å². The minimum Gasteiger partial charge on any atom is -0.385 e. The third-order valence-corrected chi connectivity index (χ3v) is 9.89. The monoisotopic (exact) mass is 398 g/mol. The smallest absolute Gasteiger partial charge is 0.162 e. The van der Waals surface area contributed by atoms with Crippen molar-refractivity contribution in [2.75, 3.05) is 0 Å². The fraction of sp³-hybridized carbons (Fsp3) is 0.815. The van der Waals surface area contributed by atoms with Gasteiger partial charge in [0, 0.05) is 12.8 Å². The molecule has 0 unspecified atom stereocenters. The van der Waals surface area contributed by atoms with Gasteiger partial charge in [-0.2, -0.15) is 0 Å². The number of hydrogen-bond acceptors (Lipinski definition) is 2. The summed E-state index contributed by atoms with van der Waals surface area (Å²) in [6.45, 7) is 11.9. The zero-order valence-electron chi connectivity index (χ0n) is 19.3. The molecule has 2 nitrogen and oxygen atoms in total. The van der Waals surface area contributed by atoms with E-state index in [2.05, 4.69) is 46.8 Å². The van der Waals surface area contributed by atoms with Crippen molar-refractivity contribution < 1.29 is 9.90 Å². The summed E-state index contributed by atoms with van der Waals surface area (Å²) >= 11 is 0. The summed E-state index contributed by atoms with van der Waals surface area (Å²) in [5.41, 5.74) is 3.32. The molecule has 0 aromatic carbocycles. The first-order chi connectivity index (χ1) is 13.7. The van der Waals surface area contributed by atoms with Gasteiger partial charge in [-0.05, 0) is 99.2 Å². The molecule has 1 N–H and O–H groups in total. The predicted molar refractivity (Wildman–Crippen MR) is 119 cm³/mol. The van der Waals surface area contributed by atoms with E-state index in [-0.39, 0.29) is 11.2 Å². The van der Waals surface area contributed by atoms with Gasteiger partial charge < -0.3 is 5.11 Å². The van der Waals surface area contributed by atoms with Gasteiger partial charge in [0.05, 0.1) is 0 Å². The summed E-state index contributed by atoms with van der Waals surface area (Å²) in [6.07, 6.45) is 14.3. The molecule has 4 aliphatic rings. The molecule has 4 rings (SSSR count). The van der Waals surface area contributed by atoms with Gasteiger partial charge in [-0.25, -0.2) is 0 Å². The van der Waals surface area contributed by atoms with Gasteiger partial charge in [0.2, 0.25) is 0 Å². The Hall–Kier alpha value is -0.890. The molecule has 0 aromatic rings. The highest BCUT2D eigenvalue weighted by molar-refractivity contribution is 5.85. The van der Waals surface area contributed by atoms with Crippen molar-refractivity contribution in [2.24, 2.45) is 40.4 Å². The van der Waals surface area contributed by atoms with Gasteiger partial charge in [-0.3, -0.25) is 4.79 Å². The van der Waals surface area contributed by atoms with E-state index in [9.17, 15) is 9.90 Å². The first kappa shape index (κ1) is 21.3. The number of aliphatic hydroxyl groups is 1. The Kier molecular flexibility index (Phi) is 5.64. The fourth-order valence-electron chi connectivity index (χ4n) is 8.33. The van der Waals surface area contributed by atoms with Crippen LogP contribution in [0.25, 0.3) is 0 Å². The molecule has 0 bridgehead atoms. The minimum absolute atomic E-state index is 0.00765. The van der Waals surface area contributed by atoms with Crippen molar-refractivity contribution in [1.82, 2.24) is 0 Å². The molecule has 3 fully saturated rings. The van der Waals surface area contributed by atoms with E-state index in [0.717, 1.165) is 23.7 Å². The number of allylic oxidation sites excluding steroid dienone is 3. The summed E-state index contributed by atoms with van der Waals surface area (Å²) in [6, 6.07) is 0. The number of rotatable bonds is 4. The van der Waals surface area contributed by atoms with Crippen LogP contribution in [0.15, 0.2) is 23.3 Å². The van der Waals surface area contributed by atoms with Crippen LogP contribution in [0.1, 0.15) is 92.4 Å². The molecular weight excluding hydrogens is 356 g/mol. The fourth-order valence-corrected chi connectivity index (χ4v) is 8.33. The SMILES string of the molecule is CC(C)=CCC[C@@H](C)[C@H]1CC[C@H]2[C@@H]3CC=C4C[C@@H](O)C(=O)C[C@]4(C)[C@H]3CC[C@]12C. The maximum atomic E-state index is 12.4. The van der Waals surface area contributed by atoms with Gasteiger partial charge in [-0.1, -0.05) is 44.1 Å². The number of aliphatic hydroxyl groups excluding tert-OH is 1. The van der Waals surface area contributed by atoms with Crippen LogP contribution in [0.2, 0.25) is 0 Å². The van der Waals surface area contributed by atoms with Crippen LogP contribution < -0.4 is 0 Å². The average molecular weight is 399 g/mol. The Morgan fingerprint density at radius 2 is 2.00 bits per heavy atom. The topological polar surface area (TPSA) is 37.3 Å². The Labute approximate surface area is 178 Å². The van der Waals surface area contributed by atoms with E-state index in [1.807, 2.05) is 0 Å². The Morgan fingerprint density at radius 3 is 2.72 bits per heavy atom. The Balaban J connectivity index is 1.53. The van der Waals surface area contributed by atoms with Crippen molar-refractivity contribution >= 4 is 5.78 Å². The highest BCUT2D eigenvalue weighted by atomic mass is 16.3. The lowest BCUT2D eigenvalue weighted by Gasteiger charge is -2.58. The van der Waals surface area contributed by atoms with Crippen molar-refractivity contribution in [3.8, 4) is 0 Å². The van der Waals surface area contributed by atoms with Crippen LogP contribution in [0.4, 0.5) is 0 Å². The lowest BCUT2D eigenvalue weighted by atomic mass is 9.47. The van der Waals surface area contributed by atoms with Gasteiger partial charge in [0.25, 0.3) is 0 Å². The molecular formula is C27H42O2. The molecule has 0 radical (unpaired) electrons. The van der Waals surface area contributed by atoms with E-state index in [4.69, 9.17) is 0 Å². The van der Waals surface area contributed by atoms with Crippen LogP contribution >= 0.6 is 0 Å². The number of carbonyl (C=O) groups is 1. The normalized spacial score (nSPS) is 45.0. The second-order valence-electron chi connectivity index (χ2n) is 11.7. The van der Waals surface area contributed by atoms with Gasteiger partial charge in [0.15, 0.2) is 5.78 Å². The van der Waals surface area contributed by atoms with E-state index >= 15 is 0 Å². The number of hydrogen-bond donors (Lipinski definition) is 1. The van der Waals surface area contributed by atoms with Crippen LogP contribution in [-0.2, 0) is 4.79 Å². The molecule has 0 amide bonds. The largest absolute Gasteiger partial charge is 0.385 e. The zero-order chi connectivity index (χ0) is 21.0. The van der Waals surface area contributed by atoms with Crippen LogP contribution in [0.3, 0.4) is 0 Å². The predicted octanol–water partition coefficient (Wildman–Crippen LogP) is 6.49. The summed E-state index contributed by atoms with van der Waals surface area (Å²) in [5.74, 6) is 3.92. The lowest BCUT2D eigenvalue weighted by molar-refractivity contribution is -0.135. The number of ketones is 1. The molecule has 0 heterocycles. The molecule has 0 spiro atoms. The standard InChI is InChI=1S/C27H42O2/c1-17(2)7-6-8-18(3)21-11-12-22-20-10-9-19-15-24(28)25(29)16-27(19,5)23(20)13-14-26(21,22)4/h7,9,18,20-24,28H,6,8,10-16H2,1-5H3/t18-,20+,21-,22+,23+,24-,26-,27+/m1/s1. The third kappa shape index (κ3) is 3.48. The quantitative estimate of drug-likeness (QED) is 0.550. The molecule has 29 heavy (non-hydrogen) atoms. The highest BCUT2D eigenvalue weighted by Gasteiger charge is 2.59. The van der Waals surface area contributed by atoms with Crippen molar-refractivity contribution in [1.29, 1.82) is 0 Å². The van der Waals surface area contributed by atoms with Gasteiger partial charge >= 0.3 is 0 Å². The average Bonchev–Trinajstić information content (AvgIpc) is 3.00. The molecule has 0 aliphatic heterocycles. The minimum atomic E-state index is -0.753. The number of fused-ring (bicyclic) bond motifs is 5. The lowest BCUT2D eigenvalue weighted by Crippen LogP contribution is -2.52. The first-order valence-electron chi connectivity index (χ1n) is 12.2. The van der Waals surface area contributed by atoms with Gasteiger partial charge in [-0.15, -0.1) is 0 Å². The van der Waals surface area contributed by atoms with Crippen molar-refractivity contribution in [2.45, 2.75) is 98.5 Å². The summed E-state index contributed by atoms with van der Waals surface area (Å²) in [5, 5.41) is 10.1. The summed E-state index contributed by atoms with van der Waals surface area (Å²) < 4.78 is 0. The Bertz CT molecular complexity index is 714. The molecule has 162 valence electrons. The molecule has 3 saturated carbocycles. The van der Waals surface area contributed by atoms with E-state index in [0.29, 0.717) is 24.2 Å². The van der Waals surface area contributed by atoms with E-state index < -0.39 is 6.10 Å².